The summed E-state index contributed by atoms with van der Waals surface area (Å²) in [6, 6.07) is 10.7. The van der Waals surface area contributed by atoms with E-state index in [1.807, 2.05) is 26.0 Å². The number of carbonyl (C=O) groups excluding carboxylic acids is 2. The van der Waals surface area contributed by atoms with Crippen molar-refractivity contribution in [1.82, 2.24) is 10.1 Å². The number of aromatic nitrogens is 2. The second-order valence-electron chi connectivity index (χ2n) is 10.5. The summed E-state index contributed by atoms with van der Waals surface area (Å²) in [5.41, 5.74) is 1.28. The number of carbonyl (C=O) groups is 2. The van der Waals surface area contributed by atoms with E-state index in [0.29, 0.717) is 45.6 Å². The van der Waals surface area contributed by atoms with Crippen LogP contribution in [-0.2, 0) is 27.2 Å². The van der Waals surface area contributed by atoms with Gasteiger partial charge in [-0.2, -0.15) is 4.98 Å². The van der Waals surface area contributed by atoms with E-state index in [1.54, 1.807) is 36.3 Å². The van der Waals surface area contributed by atoms with Crippen LogP contribution in [0.15, 0.2) is 40.9 Å². The molecule has 1 aliphatic rings. The zero-order valence-corrected chi connectivity index (χ0v) is 24.0. The molecule has 2 aromatic carbocycles. The number of aliphatic hydroxyl groups is 1. The predicted octanol–water partition coefficient (Wildman–Crippen LogP) is 4.34. The Balaban J connectivity index is 1.83. The van der Waals surface area contributed by atoms with Gasteiger partial charge in [0.15, 0.2) is 17.3 Å². The number of Topliss-reactive ketones (excluding diaryl/α,β-unsaturated/α-hetero) is 1. The molecule has 1 N–H and O–H groups in total. The molecular weight excluding hydrogens is 538 g/mol. The van der Waals surface area contributed by atoms with Gasteiger partial charge in [0.25, 0.3) is 5.91 Å². The van der Waals surface area contributed by atoms with Crippen LogP contribution in [0.1, 0.15) is 56.1 Å². The first-order valence-corrected chi connectivity index (χ1v) is 13.3. The number of methoxy groups -OCH3 is 2. The highest BCUT2D eigenvalue weighted by molar-refractivity contribution is 6.30. The van der Waals surface area contributed by atoms with E-state index in [2.05, 4.69) is 10.1 Å². The van der Waals surface area contributed by atoms with E-state index in [-0.39, 0.29) is 43.5 Å². The number of para-hydroxylation sites is 1. The first-order valence-electron chi connectivity index (χ1n) is 13.0. The topological polar surface area (TPSA) is 124 Å². The standard InChI is InChI=1S/C29H34ClN3O7/c1-17(35)9-12-25-31-24(32-40-25)14-23-28(36)33(15-29(2,3)16-34)21-11-10-18(30)13-20(21)26(39-23)19-7-6-8-22(37-4)27(19)38-5/h6-8,10-11,13,23,26,34H,9,12,14-16H2,1-5H3/t23-,26-/m1/s1. The maximum Gasteiger partial charge on any atom is 0.256 e. The molecular formula is C29H34ClN3O7. The maximum atomic E-state index is 14.2. The molecule has 0 spiro atoms. The third kappa shape index (κ3) is 6.46. The van der Waals surface area contributed by atoms with Gasteiger partial charge < -0.3 is 33.5 Å². The molecule has 1 aliphatic heterocycles. The third-order valence-corrected chi connectivity index (χ3v) is 6.94. The summed E-state index contributed by atoms with van der Waals surface area (Å²) >= 11 is 6.47. The Morgan fingerprint density at radius 3 is 2.62 bits per heavy atom. The minimum atomic E-state index is -1.03. The van der Waals surface area contributed by atoms with Crippen molar-refractivity contribution in [2.24, 2.45) is 5.41 Å². The Hall–Kier alpha value is -3.47. The average molecular weight is 572 g/mol. The number of benzene rings is 2. The zero-order chi connectivity index (χ0) is 29.0. The molecule has 40 heavy (non-hydrogen) atoms. The number of fused-ring (bicyclic) bond motifs is 1. The number of aryl methyl sites for hydroxylation is 1. The number of anilines is 1. The number of halogens is 1. The summed E-state index contributed by atoms with van der Waals surface area (Å²) in [6.45, 7) is 5.33. The normalized spacial score (nSPS) is 17.4. The lowest BCUT2D eigenvalue weighted by Gasteiger charge is -2.32. The number of rotatable bonds is 11. The molecule has 2 heterocycles. The molecule has 0 radical (unpaired) electrons. The summed E-state index contributed by atoms with van der Waals surface area (Å²) in [4.78, 5) is 31.6. The van der Waals surface area contributed by atoms with Crippen molar-refractivity contribution in [3.8, 4) is 11.5 Å². The highest BCUT2D eigenvalue weighted by Gasteiger charge is 2.40. The van der Waals surface area contributed by atoms with Gasteiger partial charge in [0.05, 0.1) is 14.2 Å². The van der Waals surface area contributed by atoms with Gasteiger partial charge in [-0.3, -0.25) is 4.79 Å². The van der Waals surface area contributed by atoms with Crippen molar-refractivity contribution in [1.29, 1.82) is 0 Å². The first kappa shape index (κ1) is 29.5. The molecule has 1 aromatic heterocycles. The molecule has 0 aliphatic carbocycles. The summed E-state index contributed by atoms with van der Waals surface area (Å²) in [7, 11) is 3.09. The van der Waals surface area contributed by atoms with Crippen LogP contribution in [0.4, 0.5) is 5.69 Å². The molecule has 2 atom stereocenters. The first-order chi connectivity index (χ1) is 19.1. The van der Waals surface area contributed by atoms with Gasteiger partial charge in [-0.1, -0.05) is 42.7 Å². The van der Waals surface area contributed by atoms with Crippen molar-refractivity contribution >= 4 is 29.0 Å². The number of nitrogens with zero attached hydrogens (tertiary/aromatic N) is 3. The number of amides is 1. The molecule has 0 fully saturated rings. The summed E-state index contributed by atoms with van der Waals surface area (Å²) < 4.78 is 23.2. The average Bonchev–Trinajstić information content (AvgIpc) is 3.35. The monoisotopic (exact) mass is 571 g/mol. The molecule has 11 heteroatoms. The van der Waals surface area contributed by atoms with E-state index < -0.39 is 17.6 Å². The summed E-state index contributed by atoms with van der Waals surface area (Å²) in [5, 5.41) is 14.6. The van der Waals surface area contributed by atoms with Gasteiger partial charge in [0.1, 0.15) is 18.0 Å². The molecule has 1 amide bonds. The number of hydrogen-bond donors (Lipinski definition) is 1. The minimum absolute atomic E-state index is 0.00988. The smallest absolute Gasteiger partial charge is 0.256 e. The van der Waals surface area contributed by atoms with Crippen LogP contribution in [0.3, 0.4) is 0 Å². The van der Waals surface area contributed by atoms with Gasteiger partial charge in [0, 0.05) is 59.7 Å². The van der Waals surface area contributed by atoms with Crippen molar-refractivity contribution in [3.63, 3.8) is 0 Å². The number of aliphatic hydroxyl groups excluding tert-OH is 1. The van der Waals surface area contributed by atoms with E-state index in [9.17, 15) is 14.7 Å². The minimum Gasteiger partial charge on any atom is -0.493 e. The highest BCUT2D eigenvalue weighted by atomic mass is 35.5. The third-order valence-electron chi connectivity index (χ3n) is 6.70. The van der Waals surface area contributed by atoms with Gasteiger partial charge in [-0.05, 0) is 31.2 Å². The van der Waals surface area contributed by atoms with Crippen molar-refractivity contribution in [3.05, 3.63) is 64.3 Å². The van der Waals surface area contributed by atoms with Crippen LogP contribution in [0.25, 0.3) is 0 Å². The Morgan fingerprint density at radius 1 is 1.18 bits per heavy atom. The molecule has 214 valence electrons. The Morgan fingerprint density at radius 2 is 1.95 bits per heavy atom. The SMILES string of the molecule is COc1cccc([C@H]2O[C@H](Cc3noc(CCC(C)=O)n3)C(=O)N(CC(C)(C)CO)c3ccc(Cl)cc32)c1OC. The number of hydrogen-bond acceptors (Lipinski definition) is 9. The zero-order valence-electron chi connectivity index (χ0n) is 23.3. The van der Waals surface area contributed by atoms with Gasteiger partial charge in [-0.15, -0.1) is 0 Å². The molecule has 0 bridgehead atoms. The van der Waals surface area contributed by atoms with Crippen LogP contribution >= 0.6 is 11.6 Å². The van der Waals surface area contributed by atoms with Crippen LogP contribution < -0.4 is 14.4 Å². The molecule has 0 unspecified atom stereocenters. The molecule has 4 rings (SSSR count). The lowest BCUT2D eigenvalue weighted by atomic mass is 9.92. The maximum absolute atomic E-state index is 14.2. The fourth-order valence-electron chi connectivity index (χ4n) is 4.63. The number of ketones is 1. The summed E-state index contributed by atoms with van der Waals surface area (Å²) in [6.07, 6.45) is -1.20. The molecule has 3 aromatic rings. The van der Waals surface area contributed by atoms with Crippen LogP contribution in [-0.4, -0.2) is 60.4 Å². The van der Waals surface area contributed by atoms with Crippen LogP contribution in [0.2, 0.25) is 5.02 Å². The van der Waals surface area contributed by atoms with Crippen LogP contribution in [0, 0.1) is 5.41 Å². The van der Waals surface area contributed by atoms with Crippen LogP contribution in [0.5, 0.6) is 11.5 Å². The van der Waals surface area contributed by atoms with E-state index >= 15 is 0 Å². The summed E-state index contributed by atoms with van der Waals surface area (Å²) in [5.74, 6) is 1.23. The lowest BCUT2D eigenvalue weighted by Crippen LogP contribution is -2.46. The second-order valence-corrected chi connectivity index (χ2v) is 11.0. The lowest BCUT2D eigenvalue weighted by molar-refractivity contribution is -0.132. The van der Waals surface area contributed by atoms with E-state index in [4.69, 9.17) is 30.3 Å². The largest absolute Gasteiger partial charge is 0.493 e. The fourth-order valence-corrected chi connectivity index (χ4v) is 4.81. The van der Waals surface area contributed by atoms with E-state index in [0.717, 1.165) is 0 Å². The van der Waals surface area contributed by atoms with Crippen molar-refractivity contribution in [2.45, 2.75) is 52.2 Å². The Bertz CT molecular complexity index is 1370. The number of ether oxygens (including phenoxy) is 3. The Labute approximate surface area is 238 Å². The Kier molecular flexibility index (Phi) is 9.12. The molecule has 10 nitrogen and oxygen atoms in total. The van der Waals surface area contributed by atoms with Crippen molar-refractivity contribution < 1.29 is 33.4 Å². The van der Waals surface area contributed by atoms with Crippen molar-refractivity contribution in [2.75, 3.05) is 32.3 Å². The van der Waals surface area contributed by atoms with Gasteiger partial charge >= 0.3 is 0 Å². The van der Waals surface area contributed by atoms with Gasteiger partial charge in [0.2, 0.25) is 5.89 Å². The molecule has 0 saturated carbocycles. The van der Waals surface area contributed by atoms with Gasteiger partial charge in [-0.25, -0.2) is 0 Å². The highest BCUT2D eigenvalue weighted by Crippen LogP contribution is 2.45. The van der Waals surface area contributed by atoms with E-state index in [1.165, 1.54) is 14.0 Å². The quantitative estimate of drug-likeness (QED) is 0.358. The second kappa shape index (κ2) is 12.4. The fraction of sp³-hybridized carbons (Fsp3) is 0.448. The predicted molar refractivity (Wildman–Crippen MR) is 148 cm³/mol. The molecule has 0 saturated heterocycles.